The summed E-state index contributed by atoms with van der Waals surface area (Å²) in [6.07, 6.45) is 0.682. The van der Waals surface area contributed by atoms with Crippen LogP contribution < -0.4 is 26.0 Å². The summed E-state index contributed by atoms with van der Waals surface area (Å²) in [5.74, 6) is 0.557. The van der Waals surface area contributed by atoms with E-state index >= 15 is 0 Å². The van der Waals surface area contributed by atoms with Crippen molar-refractivity contribution in [1.29, 1.82) is 0 Å². The highest BCUT2D eigenvalue weighted by molar-refractivity contribution is 5.91. The zero-order valence-corrected chi connectivity index (χ0v) is 18.5. The zero-order chi connectivity index (χ0) is 23.3. The monoisotopic (exact) mass is 438 g/mol. The van der Waals surface area contributed by atoms with Crippen molar-refractivity contribution in [3.8, 4) is 17.2 Å². The standard InChI is InChI=1S/C23H26N4O5/c1-5-15(2)24-21(28)20-22(29)26(14-16-7-6-8-19(13-16)32-4)23(30)27(25-20)17-9-11-18(31-3)12-10-17/h6-13,15H,5,14H2,1-4H3,(H,24,28)/t15-/m1/s1. The van der Waals surface area contributed by atoms with Gasteiger partial charge in [-0.1, -0.05) is 19.1 Å². The third-order valence-corrected chi connectivity index (χ3v) is 5.06. The number of hydrogen-bond acceptors (Lipinski definition) is 6. The molecule has 3 rings (SSSR count). The lowest BCUT2D eigenvalue weighted by Crippen LogP contribution is -2.47. The Balaban J connectivity index is 2.17. The molecule has 2 aromatic carbocycles. The van der Waals surface area contributed by atoms with Crippen LogP contribution in [0.4, 0.5) is 0 Å². The number of nitrogens with one attached hydrogen (secondary N) is 1. The van der Waals surface area contributed by atoms with Crippen LogP contribution in [0.1, 0.15) is 36.3 Å². The van der Waals surface area contributed by atoms with Crippen molar-refractivity contribution in [3.05, 3.63) is 80.6 Å². The zero-order valence-electron chi connectivity index (χ0n) is 18.5. The predicted molar refractivity (Wildman–Crippen MR) is 120 cm³/mol. The first-order chi connectivity index (χ1) is 15.4. The minimum Gasteiger partial charge on any atom is -0.497 e. The normalized spacial score (nSPS) is 11.6. The molecule has 0 aliphatic heterocycles. The highest BCUT2D eigenvalue weighted by atomic mass is 16.5. The number of amides is 1. The van der Waals surface area contributed by atoms with Crippen LogP contribution in [0.25, 0.3) is 5.69 Å². The Bertz CT molecular complexity index is 1210. The minimum absolute atomic E-state index is 0.0445. The van der Waals surface area contributed by atoms with Crippen LogP contribution in [-0.2, 0) is 6.54 Å². The van der Waals surface area contributed by atoms with E-state index in [4.69, 9.17) is 9.47 Å². The molecule has 0 aliphatic rings. The summed E-state index contributed by atoms with van der Waals surface area (Å²) in [4.78, 5) is 39.1. The lowest BCUT2D eigenvalue weighted by molar-refractivity contribution is 0.0929. The highest BCUT2D eigenvalue weighted by Gasteiger charge is 2.21. The molecule has 0 radical (unpaired) electrons. The number of hydrogen-bond donors (Lipinski definition) is 1. The van der Waals surface area contributed by atoms with Crippen molar-refractivity contribution in [3.63, 3.8) is 0 Å². The Morgan fingerprint density at radius 3 is 2.38 bits per heavy atom. The fraction of sp³-hybridized carbons (Fsp3) is 0.304. The molecule has 1 heterocycles. The molecule has 1 amide bonds. The highest BCUT2D eigenvalue weighted by Crippen LogP contribution is 2.14. The van der Waals surface area contributed by atoms with Crippen molar-refractivity contribution in [2.45, 2.75) is 32.9 Å². The molecular weight excluding hydrogens is 412 g/mol. The molecule has 0 bridgehead atoms. The first-order valence-corrected chi connectivity index (χ1v) is 10.2. The Kier molecular flexibility index (Phi) is 7.09. The van der Waals surface area contributed by atoms with Gasteiger partial charge in [0.15, 0.2) is 0 Å². The molecule has 9 heteroatoms. The van der Waals surface area contributed by atoms with E-state index in [0.29, 0.717) is 29.2 Å². The molecule has 0 spiro atoms. The van der Waals surface area contributed by atoms with Crippen LogP contribution in [-0.4, -0.2) is 40.5 Å². The summed E-state index contributed by atoms with van der Waals surface area (Å²) in [5.41, 5.74) is -0.716. The molecule has 3 aromatic rings. The summed E-state index contributed by atoms with van der Waals surface area (Å²) in [5, 5.41) is 6.86. The SMILES string of the molecule is CC[C@@H](C)NC(=O)c1nn(-c2ccc(OC)cc2)c(=O)n(Cc2cccc(OC)c2)c1=O. The Morgan fingerprint density at radius 1 is 1.06 bits per heavy atom. The quantitative estimate of drug-likeness (QED) is 0.577. The van der Waals surface area contributed by atoms with Crippen LogP contribution in [0, 0.1) is 0 Å². The van der Waals surface area contributed by atoms with Gasteiger partial charge in [0.05, 0.1) is 26.5 Å². The van der Waals surface area contributed by atoms with Gasteiger partial charge in [0, 0.05) is 6.04 Å². The van der Waals surface area contributed by atoms with Gasteiger partial charge in [-0.2, -0.15) is 9.78 Å². The molecule has 0 saturated carbocycles. The molecule has 168 valence electrons. The van der Waals surface area contributed by atoms with E-state index in [1.54, 1.807) is 48.5 Å². The second-order valence-electron chi connectivity index (χ2n) is 7.27. The number of benzene rings is 2. The van der Waals surface area contributed by atoms with Crippen LogP contribution in [0.2, 0.25) is 0 Å². The van der Waals surface area contributed by atoms with E-state index in [-0.39, 0.29) is 18.3 Å². The number of aromatic nitrogens is 3. The molecule has 0 unspecified atom stereocenters. The third-order valence-electron chi connectivity index (χ3n) is 5.06. The molecule has 32 heavy (non-hydrogen) atoms. The lowest BCUT2D eigenvalue weighted by atomic mass is 10.2. The van der Waals surface area contributed by atoms with Gasteiger partial charge in [-0.3, -0.25) is 14.2 Å². The van der Waals surface area contributed by atoms with Crippen LogP contribution in [0.15, 0.2) is 58.1 Å². The fourth-order valence-corrected chi connectivity index (χ4v) is 3.04. The van der Waals surface area contributed by atoms with E-state index in [2.05, 4.69) is 10.4 Å². The van der Waals surface area contributed by atoms with Crippen molar-refractivity contribution in [1.82, 2.24) is 19.7 Å². The summed E-state index contributed by atoms with van der Waals surface area (Å²) >= 11 is 0. The first kappa shape index (κ1) is 22.8. The molecule has 0 saturated heterocycles. The average molecular weight is 438 g/mol. The number of carbonyl (C=O) groups is 1. The van der Waals surface area contributed by atoms with E-state index < -0.39 is 17.2 Å². The van der Waals surface area contributed by atoms with E-state index in [1.807, 2.05) is 13.8 Å². The van der Waals surface area contributed by atoms with Gasteiger partial charge < -0.3 is 14.8 Å². The molecule has 1 atom stereocenters. The van der Waals surface area contributed by atoms with Gasteiger partial charge in [-0.25, -0.2) is 4.79 Å². The van der Waals surface area contributed by atoms with E-state index in [9.17, 15) is 14.4 Å². The van der Waals surface area contributed by atoms with Gasteiger partial charge in [-0.05, 0) is 55.3 Å². The van der Waals surface area contributed by atoms with Gasteiger partial charge >= 0.3 is 5.69 Å². The van der Waals surface area contributed by atoms with Crippen molar-refractivity contribution < 1.29 is 14.3 Å². The molecular formula is C23H26N4O5. The Labute approximate surface area is 185 Å². The molecule has 1 N–H and O–H groups in total. The lowest BCUT2D eigenvalue weighted by Gasteiger charge is -2.14. The topological polar surface area (TPSA) is 104 Å². The smallest absolute Gasteiger partial charge is 0.352 e. The Hall–Kier alpha value is -3.88. The van der Waals surface area contributed by atoms with Crippen LogP contribution >= 0.6 is 0 Å². The number of ether oxygens (including phenoxy) is 2. The van der Waals surface area contributed by atoms with Gasteiger partial charge in [-0.15, -0.1) is 0 Å². The van der Waals surface area contributed by atoms with Gasteiger partial charge in [0.2, 0.25) is 5.69 Å². The summed E-state index contributed by atoms with van der Waals surface area (Å²) in [6, 6.07) is 13.5. The molecule has 1 aromatic heterocycles. The summed E-state index contributed by atoms with van der Waals surface area (Å²) < 4.78 is 12.4. The van der Waals surface area contributed by atoms with Gasteiger partial charge in [0.25, 0.3) is 11.5 Å². The largest absolute Gasteiger partial charge is 0.497 e. The third kappa shape index (κ3) is 4.88. The van der Waals surface area contributed by atoms with Crippen molar-refractivity contribution >= 4 is 5.91 Å². The number of methoxy groups -OCH3 is 2. The van der Waals surface area contributed by atoms with Gasteiger partial charge in [0.1, 0.15) is 11.5 Å². The predicted octanol–water partition coefficient (Wildman–Crippen LogP) is 1.99. The van der Waals surface area contributed by atoms with Crippen molar-refractivity contribution in [2.24, 2.45) is 0 Å². The molecule has 0 aliphatic carbocycles. The second-order valence-corrected chi connectivity index (χ2v) is 7.27. The Morgan fingerprint density at radius 2 is 1.75 bits per heavy atom. The maximum atomic E-state index is 13.2. The second kappa shape index (κ2) is 9.95. The van der Waals surface area contributed by atoms with E-state index in [1.165, 1.54) is 14.2 Å². The van der Waals surface area contributed by atoms with Crippen LogP contribution in [0.3, 0.4) is 0 Å². The molecule has 0 fully saturated rings. The maximum absolute atomic E-state index is 13.2. The van der Waals surface area contributed by atoms with E-state index in [0.717, 1.165) is 9.25 Å². The first-order valence-electron chi connectivity index (χ1n) is 10.2. The minimum atomic E-state index is -0.761. The number of nitrogens with zero attached hydrogens (tertiary/aromatic N) is 3. The summed E-state index contributed by atoms with van der Waals surface area (Å²) in [7, 11) is 3.07. The number of rotatable bonds is 8. The van der Waals surface area contributed by atoms with Crippen LogP contribution in [0.5, 0.6) is 11.5 Å². The summed E-state index contributed by atoms with van der Waals surface area (Å²) in [6.45, 7) is 3.70. The maximum Gasteiger partial charge on any atom is 0.352 e. The fourth-order valence-electron chi connectivity index (χ4n) is 3.04. The average Bonchev–Trinajstić information content (AvgIpc) is 2.82. The van der Waals surface area contributed by atoms with Crippen molar-refractivity contribution in [2.75, 3.05) is 14.2 Å². The number of carbonyl (C=O) groups excluding carboxylic acids is 1. The molecule has 9 nitrogen and oxygen atoms in total.